The number of esters is 2. The fourth-order valence-corrected chi connectivity index (χ4v) is 10.5. The maximum Gasteiger partial charge on any atom is 0.331 e. The highest BCUT2D eigenvalue weighted by molar-refractivity contribution is 5.91. The molecule has 2 aliphatic heterocycles. The Kier molecular flexibility index (Phi) is 18.1. The highest BCUT2D eigenvalue weighted by Gasteiger charge is 2.45. The van der Waals surface area contributed by atoms with Crippen LogP contribution in [-0.2, 0) is 38.3 Å². The number of hydrogen-bond acceptors (Lipinski definition) is 15. The van der Waals surface area contributed by atoms with E-state index >= 15 is 0 Å². The Morgan fingerprint density at radius 3 is 1.41 bits per heavy atom. The third-order valence-corrected chi connectivity index (χ3v) is 14.0. The molecule has 0 fully saturated rings. The number of carbonyl (C=O) groups is 2. The molecule has 2 heterocycles. The van der Waals surface area contributed by atoms with Crippen molar-refractivity contribution in [3.05, 3.63) is 88.0 Å². The third kappa shape index (κ3) is 11.3. The highest BCUT2D eigenvalue weighted by Crippen LogP contribution is 2.53. The van der Waals surface area contributed by atoms with E-state index in [0.29, 0.717) is 105 Å². The number of nitrogens with zero attached hydrogens (tertiary/aromatic N) is 2. The average molecular weight is 989 g/mol. The van der Waals surface area contributed by atoms with Crippen LogP contribution in [0.3, 0.4) is 0 Å². The van der Waals surface area contributed by atoms with Gasteiger partial charge in [0.2, 0.25) is 17.2 Å². The van der Waals surface area contributed by atoms with Crippen molar-refractivity contribution in [1.82, 2.24) is 0 Å². The number of hydrogen-bond donors (Lipinski definition) is 0. The van der Waals surface area contributed by atoms with Crippen LogP contribution in [0.15, 0.2) is 54.6 Å². The highest BCUT2D eigenvalue weighted by atomic mass is 16.6. The van der Waals surface area contributed by atoms with E-state index in [1.54, 1.807) is 78.2 Å². The van der Waals surface area contributed by atoms with Crippen LogP contribution in [0.2, 0.25) is 0 Å². The Labute approximate surface area is 418 Å². The van der Waals surface area contributed by atoms with E-state index in [2.05, 4.69) is 14.1 Å². The number of carbonyl (C=O) groups excluding carboxylic acids is 2. The maximum atomic E-state index is 13.0. The molecule has 0 radical (unpaired) electrons. The van der Waals surface area contributed by atoms with Gasteiger partial charge in [0.1, 0.15) is 12.1 Å². The number of ether oxygens (including phenoxy) is 13. The van der Waals surface area contributed by atoms with Crippen molar-refractivity contribution in [2.24, 2.45) is 0 Å². The summed E-state index contributed by atoms with van der Waals surface area (Å²) in [6.07, 6.45) is 5.41. The molecule has 0 amide bonds. The number of methoxy groups -OCH3 is 11. The van der Waals surface area contributed by atoms with Crippen LogP contribution in [0.4, 0.5) is 0 Å². The Bertz CT molecular complexity index is 2520. The zero-order chi connectivity index (χ0) is 51.5. The van der Waals surface area contributed by atoms with Gasteiger partial charge in [-0.25, -0.2) is 9.59 Å². The Morgan fingerprint density at radius 2 is 0.930 bits per heavy atom. The minimum Gasteiger partial charge on any atom is -0.493 e. The molecule has 0 aromatic heterocycles. The van der Waals surface area contributed by atoms with Gasteiger partial charge in [-0.15, -0.1) is 0 Å². The second-order valence-corrected chi connectivity index (χ2v) is 17.9. The van der Waals surface area contributed by atoms with Crippen LogP contribution < -0.4 is 52.1 Å². The van der Waals surface area contributed by atoms with E-state index in [4.69, 9.17) is 61.6 Å². The van der Waals surface area contributed by atoms with Gasteiger partial charge in [0, 0.05) is 49.8 Å². The van der Waals surface area contributed by atoms with Crippen LogP contribution in [0, 0.1) is 0 Å². The lowest BCUT2D eigenvalue weighted by molar-refractivity contribution is -0.941. The molecular formula is C54H72N2O15+2. The summed E-state index contributed by atoms with van der Waals surface area (Å²) >= 11 is 0. The smallest absolute Gasteiger partial charge is 0.331 e. The van der Waals surface area contributed by atoms with E-state index in [-0.39, 0.29) is 25.3 Å². The molecule has 2 aliphatic rings. The van der Waals surface area contributed by atoms with E-state index in [1.165, 1.54) is 0 Å². The molecule has 4 unspecified atom stereocenters. The first-order chi connectivity index (χ1) is 34.2. The molecule has 0 saturated carbocycles. The zero-order valence-corrected chi connectivity index (χ0v) is 43.6. The lowest BCUT2D eigenvalue weighted by atomic mass is 9.84. The van der Waals surface area contributed by atoms with Gasteiger partial charge >= 0.3 is 11.9 Å². The van der Waals surface area contributed by atoms with E-state index < -0.39 is 11.9 Å². The van der Waals surface area contributed by atoms with Gasteiger partial charge < -0.3 is 70.5 Å². The predicted octanol–water partition coefficient (Wildman–Crippen LogP) is 7.28. The minimum absolute atomic E-state index is 0.121. The molecular weight excluding hydrogens is 917 g/mol. The maximum absolute atomic E-state index is 13.0. The average Bonchev–Trinajstić information content (AvgIpc) is 3.39. The zero-order valence-electron chi connectivity index (χ0n) is 43.6. The van der Waals surface area contributed by atoms with E-state index in [1.807, 2.05) is 42.5 Å². The molecule has 0 N–H and O–H groups in total. The van der Waals surface area contributed by atoms with Gasteiger partial charge in [-0.05, 0) is 59.2 Å². The summed E-state index contributed by atoms with van der Waals surface area (Å²) in [7, 11) is 22.1. The third-order valence-electron chi connectivity index (χ3n) is 14.0. The molecule has 17 heteroatoms. The summed E-state index contributed by atoms with van der Waals surface area (Å²) in [5.74, 6) is 5.01. The fourth-order valence-electron chi connectivity index (χ4n) is 10.5. The molecule has 0 aliphatic carbocycles. The van der Waals surface area contributed by atoms with Crippen molar-refractivity contribution in [3.63, 3.8) is 0 Å². The quantitative estimate of drug-likeness (QED) is 0.0299. The number of quaternary nitrogens is 2. The van der Waals surface area contributed by atoms with E-state index in [0.717, 1.165) is 71.5 Å². The van der Waals surface area contributed by atoms with E-state index in [9.17, 15) is 9.59 Å². The summed E-state index contributed by atoms with van der Waals surface area (Å²) in [6.45, 7) is 3.16. The first-order valence-electron chi connectivity index (χ1n) is 23.6. The first kappa shape index (κ1) is 53.6. The molecule has 6 rings (SSSR count). The lowest BCUT2D eigenvalue weighted by Gasteiger charge is -2.46. The molecule has 71 heavy (non-hydrogen) atoms. The van der Waals surface area contributed by atoms with Crippen molar-refractivity contribution in [1.29, 1.82) is 0 Å². The van der Waals surface area contributed by atoms with Crippen molar-refractivity contribution in [2.45, 2.75) is 44.2 Å². The standard InChI is InChI=1S/C54H72N2O15/c1-55(24-20-35-31-43(63-7)51(66-10)53(68-12)47(35)38(55)28-34-29-41(61-5)50(65-9)42(30-34)62-6)22-14-26-70-45(57)18-19-46(58)71-27-15-23-56(2)25-21-36-32-44(64-8)52(67-11)54(69-13)48(36)49(56)37-16-17-39(59-3)40(33-37)60-4/h16-19,29-33,38,49H,14-15,20-28H2,1-13H3/q+2/b19-18-. The predicted molar refractivity (Wildman–Crippen MR) is 266 cm³/mol. The van der Waals surface area contributed by atoms with Crippen LogP contribution in [0.5, 0.6) is 63.2 Å². The summed E-state index contributed by atoms with van der Waals surface area (Å²) in [5.41, 5.74) is 6.15. The summed E-state index contributed by atoms with van der Waals surface area (Å²) in [5, 5.41) is 0. The summed E-state index contributed by atoms with van der Waals surface area (Å²) in [4.78, 5) is 25.9. The van der Waals surface area contributed by atoms with Gasteiger partial charge in [-0.2, -0.15) is 0 Å². The normalized spacial score (nSPS) is 19.1. The number of benzene rings is 4. The monoisotopic (exact) mass is 988 g/mol. The number of fused-ring (bicyclic) bond motifs is 2. The Morgan fingerprint density at radius 1 is 0.493 bits per heavy atom. The van der Waals surface area contributed by atoms with Gasteiger partial charge in [-0.3, -0.25) is 0 Å². The van der Waals surface area contributed by atoms with Gasteiger partial charge in [0.05, 0.1) is 143 Å². The molecule has 4 aromatic rings. The molecule has 17 nitrogen and oxygen atoms in total. The number of likely N-dealkylation sites (N-methyl/N-ethyl adjacent to an activating group) is 2. The molecule has 386 valence electrons. The van der Waals surface area contributed by atoms with Gasteiger partial charge in [0.15, 0.2) is 46.0 Å². The van der Waals surface area contributed by atoms with Crippen molar-refractivity contribution >= 4 is 11.9 Å². The number of rotatable bonds is 24. The van der Waals surface area contributed by atoms with Crippen molar-refractivity contribution < 1.29 is 80.1 Å². The lowest BCUT2D eigenvalue weighted by Crippen LogP contribution is -2.52. The van der Waals surface area contributed by atoms with Gasteiger partial charge in [-0.1, -0.05) is 0 Å². The molecule has 0 bridgehead atoms. The largest absolute Gasteiger partial charge is 0.493 e. The van der Waals surface area contributed by atoms with Crippen LogP contribution in [-0.4, -0.2) is 153 Å². The topological polar surface area (TPSA) is 154 Å². The van der Waals surface area contributed by atoms with Crippen LogP contribution in [0.25, 0.3) is 0 Å². The Hall–Kier alpha value is -6.72. The fraction of sp³-hybridized carbons (Fsp3) is 0.481. The van der Waals surface area contributed by atoms with Gasteiger partial charge in [0.25, 0.3) is 0 Å². The van der Waals surface area contributed by atoms with Crippen LogP contribution >= 0.6 is 0 Å². The molecule has 0 spiro atoms. The van der Waals surface area contributed by atoms with Crippen molar-refractivity contribution in [2.75, 3.05) is 132 Å². The second-order valence-electron chi connectivity index (χ2n) is 17.9. The summed E-state index contributed by atoms with van der Waals surface area (Å²) < 4.78 is 76.0. The minimum atomic E-state index is -0.635. The molecule has 0 saturated heterocycles. The van der Waals surface area contributed by atoms with Crippen molar-refractivity contribution in [3.8, 4) is 63.2 Å². The first-order valence-corrected chi connectivity index (χ1v) is 23.6. The summed E-state index contributed by atoms with van der Waals surface area (Å²) in [6, 6.07) is 13.6. The SMILES string of the molecule is COc1ccc(C2c3c(cc(OC)c(OC)c3OC)CC[N+]2(C)CCCOC(=O)/C=C\C(=O)OCCC[N+]2(C)CCc3cc(OC)c(OC)c(OC)c3C2Cc2cc(OC)c(OC)c(OC)c2)cc1OC. The second kappa shape index (κ2) is 23.9. The molecule has 4 atom stereocenters. The Balaban J connectivity index is 1.10. The molecule has 4 aromatic carbocycles. The van der Waals surface area contributed by atoms with Crippen LogP contribution in [0.1, 0.15) is 58.3 Å².